The number of hydrogen-bond acceptors (Lipinski definition) is 6. The number of carbonyl (C=O) groups excluding carboxylic acids is 1. The van der Waals surface area contributed by atoms with E-state index in [1.807, 2.05) is 30.3 Å². The van der Waals surface area contributed by atoms with Crippen molar-refractivity contribution in [3.05, 3.63) is 90.2 Å². The number of rotatable bonds is 10. The Balaban J connectivity index is 1.71. The number of thioether (sulfide) groups is 1. The van der Waals surface area contributed by atoms with Crippen LogP contribution in [0.3, 0.4) is 0 Å². The Bertz CT molecular complexity index is 1450. The largest absolute Gasteiger partial charge is 0.293 e. The van der Waals surface area contributed by atoms with E-state index in [1.54, 1.807) is 42.7 Å². The Kier molecular flexibility index (Phi) is 7.97. The summed E-state index contributed by atoms with van der Waals surface area (Å²) in [7, 11) is -3.66. The van der Waals surface area contributed by atoms with Crippen LogP contribution in [0, 0.1) is 5.82 Å². The lowest BCUT2D eigenvalue weighted by molar-refractivity contribution is 0.102. The molecular weight excluding hydrogens is 499 g/mol. The van der Waals surface area contributed by atoms with E-state index in [9.17, 15) is 17.6 Å². The number of ketones is 1. The van der Waals surface area contributed by atoms with E-state index >= 15 is 0 Å². The molecule has 0 N–H and O–H groups in total. The third-order valence-electron chi connectivity index (χ3n) is 5.58. The van der Waals surface area contributed by atoms with E-state index in [0.29, 0.717) is 35.2 Å². The number of carbonyl (C=O) groups is 1. The number of benzene rings is 3. The highest BCUT2D eigenvalue weighted by atomic mass is 32.2. The van der Waals surface area contributed by atoms with Gasteiger partial charge in [0.1, 0.15) is 5.82 Å². The molecule has 0 aliphatic heterocycles. The van der Waals surface area contributed by atoms with Crippen LogP contribution in [0.1, 0.15) is 24.2 Å². The molecule has 10 heteroatoms. The molecular formula is C26H25FN4O3S2. The number of halogens is 1. The van der Waals surface area contributed by atoms with Gasteiger partial charge in [-0.05, 0) is 48.5 Å². The summed E-state index contributed by atoms with van der Waals surface area (Å²) in [5.74, 6) is -0.0450. The minimum absolute atomic E-state index is 0.0764. The van der Waals surface area contributed by atoms with Crippen LogP contribution in [0.15, 0.2) is 88.9 Å². The first kappa shape index (κ1) is 25.7. The molecule has 4 rings (SSSR count). The Labute approximate surface area is 214 Å². The highest BCUT2D eigenvalue weighted by molar-refractivity contribution is 7.99. The Hall–Kier alpha value is -3.34. The number of aromatic nitrogens is 3. The highest BCUT2D eigenvalue weighted by Gasteiger charge is 2.24. The average Bonchev–Trinajstić information content (AvgIpc) is 3.33. The highest BCUT2D eigenvalue weighted by Crippen LogP contribution is 2.30. The second-order valence-electron chi connectivity index (χ2n) is 7.81. The van der Waals surface area contributed by atoms with Crippen molar-refractivity contribution >= 4 is 27.6 Å². The van der Waals surface area contributed by atoms with Crippen molar-refractivity contribution in [2.45, 2.75) is 23.9 Å². The Morgan fingerprint density at radius 1 is 0.944 bits per heavy atom. The van der Waals surface area contributed by atoms with Gasteiger partial charge in [-0.15, -0.1) is 10.2 Å². The van der Waals surface area contributed by atoms with Crippen LogP contribution in [0.2, 0.25) is 0 Å². The van der Waals surface area contributed by atoms with Gasteiger partial charge in [0.25, 0.3) is 0 Å². The summed E-state index contributed by atoms with van der Waals surface area (Å²) in [6.07, 6.45) is 0. The monoisotopic (exact) mass is 524 g/mol. The van der Waals surface area contributed by atoms with Crippen LogP contribution in [0.4, 0.5) is 4.39 Å². The predicted molar refractivity (Wildman–Crippen MR) is 138 cm³/mol. The maximum atomic E-state index is 13.2. The van der Waals surface area contributed by atoms with Gasteiger partial charge in [0.05, 0.1) is 10.6 Å². The first-order chi connectivity index (χ1) is 17.3. The maximum Gasteiger partial charge on any atom is 0.243 e. The molecule has 0 radical (unpaired) electrons. The van der Waals surface area contributed by atoms with E-state index in [4.69, 9.17) is 0 Å². The van der Waals surface area contributed by atoms with E-state index in [0.717, 1.165) is 5.69 Å². The second kappa shape index (κ2) is 11.2. The van der Waals surface area contributed by atoms with E-state index in [-0.39, 0.29) is 16.4 Å². The molecule has 0 saturated heterocycles. The zero-order valence-corrected chi connectivity index (χ0v) is 21.5. The van der Waals surface area contributed by atoms with Gasteiger partial charge in [-0.1, -0.05) is 55.9 Å². The molecule has 186 valence electrons. The molecule has 36 heavy (non-hydrogen) atoms. The minimum atomic E-state index is -3.66. The van der Waals surface area contributed by atoms with Crippen LogP contribution < -0.4 is 0 Å². The van der Waals surface area contributed by atoms with E-state index in [1.165, 1.54) is 40.3 Å². The van der Waals surface area contributed by atoms with Crippen molar-refractivity contribution in [1.82, 2.24) is 19.1 Å². The molecule has 0 aliphatic rings. The number of Topliss-reactive ketones (excluding diaryl/α,β-unsaturated/α-hetero) is 1. The van der Waals surface area contributed by atoms with Crippen molar-refractivity contribution in [2.24, 2.45) is 0 Å². The summed E-state index contributed by atoms with van der Waals surface area (Å²) in [6.45, 7) is 4.33. The summed E-state index contributed by atoms with van der Waals surface area (Å²) in [5.41, 5.74) is 1.76. The van der Waals surface area contributed by atoms with Crippen LogP contribution in [-0.2, 0) is 10.0 Å². The predicted octanol–water partition coefficient (Wildman–Crippen LogP) is 5.08. The lowest BCUT2D eigenvalue weighted by Crippen LogP contribution is -2.30. The van der Waals surface area contributed by atoms with Gasteiger partial charge in [-0.25, -0.2) is 12.8 Å². The van der Waals surface area contributed by atoms with Gasteiger partial charge in [-0.3, -0.25) is 9.36 Å². The lowest BCUT2D eigenvalue weighted by atomic mass is 10.1. The Morgan fingerprint density at radius 3 is 2.31 bits per heavy atom. The van der Waals surface area contributed by atoms with Gasteiger partial charge >= 0.3 is 0 Å². The molecule has 0 unspecified atom stereocenters. The molecule has 0 bridgehead atoms. The van der Waals surface area contributed by atoms with Crippen molar-refractivity contribution in [1.29, 1.82) is 0 Å². The zero-order chi connectivity index (χ0) is 25.7. The summed E-state index contributed by atoms with van der Waals surface area (Å²) in [5, 5.41) is 9.14. The molecule has 7 nitrogen and oxygen atoms in total. The lowest BCUT2D eigenvalue weighted by Gasteiger charge is -2.19. The van der Waals surface area contributed by atoms with E-state index in [2.05, 4.69) is 10.2 Å². The van der Waals surface area contributed by atoms with Gasteiger partial charge in [0, 0.05) is 29.9 Å². The molecule has 1 aromatic heterocycles. The molecule has 0 atom stereocenters. The quantitative estimate of drug-likeness (QED) is 0.213. The number of para-hydroxylation sites is 1. The number of hydrogen-bond donors (Lipinski definition) is 0. The van der Waals surface area contributed by atoms with Crippen LogP contribution in [-0.4, -0.2) is 52.1 Å². The molecule has 4 aromatic rings. The topological polar surface area (TPSA) is 85.2 Å². The smallest absolute Gasteiger partial charge is 0.243 e. The zero-order valence-electron chi connectivity index (χ0n) is 19.8. The average molecular weight is 525 g/mol. The van der Waals surface area contributed by atoms with Crippen molar-refractivity contribution in [2.75, 3.05) is 18.8 Å². The van der Waals surface area contributed by atoms with Crippen molar-refractivity contribution < 1.29 is 17.6 Å². The summed E-state index contributed by atoms with van der Waals surface area (Å²) in [6, 6.07) is 21.4. The SMILES string of the molecule is CCN(CC)S(=O)(=O)c1cccc(-c2nnc(SCC(=O)c3ccc(F)cc3)n2-c2ccccc2)c1. The van der Waals surface area contributed by atoms with Gasteiger partial charge in [0.15, 0.2) is 16.8 Å². The van der Waals surface area contributed by atoms with E-state index < -0.39 is 15.8 Å². The second-order valence-corrected chi connectivity index (χ2v) is 10.7. The van der Waals surface area contributed by atoms with Gasteiger partial charge < -0.3 is 0 Å². The van der Waals surface area contributed by atoms with Crippen LogP contribution in [0.5, 0.6) is 0 Å². The summed E-state index contributed by atoms with van der Waals surface area (Å²) >= 11 is 1.21. The fraction of sp³-hybridized carbons (Fsp3) is 0.192. The normalized spacial score (nSPS) is 11.7. The van der Waals surface area contributed by atoms with Crippen LogP contribution in [0.25, 0.3) is 17.1 Å². The summed E-state index contributed by atoms with van der Waals surface area (Å²) < 4.78 is 42.6. The third kappa shape index (κ3) is 5.40. The number of sulfonamides is 1. The van der Waals surface area contributed by atoms with Crippen molar-refractivity contribution in [3.8, 4) is 17.1 Å². The van der Waals surface area contributed by atoms with Gasteiger partial charge in [-0.2, -0.15) is 4.31 Å². The van der Waals surface area contributed by atoms with Crippen LogP contribution >= 0.6 is 11.8 Å². The standard InChI is InChI=1S/C26H25FN4O3S2/c1-3-30(4-2)36(33,34)23-12-8-9-20(17-23)25-28-29-26(31(25)22-10-6-5-7-11-22)35-18-24(32)19-13-15-21(27)16-14-19/h5-17H,3-4,18H2,1-2H3. The fourth-order valence-electron chi connectivity index (χ4n) is 3.72. The third-order valence-corrected chi connectivity index (χ3v) is 8.56. The van der Waals surface area contributed by atoms with Gasteiger partial charge in [0.2, 0.25) is 10.0 Å². The number of nitrogens with zero attached hydrogens (tertiary/aromatic N) is 4. The fourth-order valence-corrected chi connectivity index (χ4v) is 6.07. The first-order valence-corrected chi connectivity index (χ1v) is 13.8. The maximum absolute atomic E-state index is 13.2. The van der Waals surface area contributed by atoms with Crippen molar-refractivity contribution in [3.63, 3.8) is 0 Å². The summed E-state index contributed by atoms with van der Waals surface area (Å²) in [4.78, 5) is 12.8. The molecule has 0 aliphatic carbocycles. The molecule has 3 aromatic carbocycles. The minimum Gasteiger partial charge on any atom is -0.293 e. The molecule has 0 fully saturated rings. The molecule has 0 saturated carbocycles. The molecule has 1 heterocycles. The Morgan fingerprint density at radius 2 is 1.64 bits per heavy atom. The first-order valence-electron chi connectivity index (χ1n) is 11.4. The molecule has 0 spiro atoms. The molecule has 0 amide bonds.